The number of carboxylic acids is 1. The van der Waals surface area contributed by atoms with E-state index >= 15 is 0 Å². The normalized spacial score (nSPS) is 12.7. The van der Waals surface area contributed by atoms with E-state index in [2.05, 4.69) is 42.7 Å². The highest BCUT2D eigenvalue weighted by atomic mass is 16.5. The van der Waals surface area contributed by atoms with Crippen molar-refractivity contribution in [3.8, 4) is 0 Å². The van der Waals surface area contributed by atoms with E-state index in [1.807, 2.05) is 6.08 Å². The molecule has 284 valence electrons. The third-order valence-corrected chi connectivity index (χ3v) is 8.69. The lowest BCUT2D eigenvalue weighted by atomic mass is 10.0. The van der Waals surface area contributed by atoms with Gasteiger partial charge in [-0.2, -0.15) is 0 Å². The molecule has 0 aliphatic carbocycles. The molecule has 0 heterocycles. The first-order valence-electron chi connectivity index (χ1n) is 19.7. The molecule has 0 bridgehead atoms. The number of hydrogen-bond donors (Lipinski definition) is 4. The molecule has 0 rings (SSSR count). The molecule has 0 radical (unpaired) electrons. The van der Waals surface area contributed by atoms with Gasteiger partial charge < -0.3 is 25.6 Å². The number of carboxylic acid groups (broad SMARTS) is 1. The minimum atomic E-state index is -1.39. The van der Waals surface area contributed by atoms with Gasteiger partial charge in [0.25, 0.3) is 0 Å². The summed E-state index contributed by atoms with van der Waals surface area (Å²) in [5, 5.41) is 22.5. The third kappa shape index (κ3) is 32.3. The Morgan fingerprint density at radius 2 is 1.16 bits per heavy atom. The number of ether oxygens (including phenoxy) is 1. The summed E-state index contributed by atoms with van der Waals surface area (Å²) in [4.78, 5) is 47.4. The molecule has 2 amide bonds. The number of carbonyl (C=O) groups excluding carboxylic acids is 3. The number of unbranched alkanes of at least 4 members (excludes halogenated alkanes) is 19. The van der Waals surface area contributed by atoms with Crippen molar-refractivity contribution in [3.05, 3.63) is 24.3 Å². The number of aliphatic hydroxyl groups excluding tert-OH is 1. The van der Waals surface area contributed by atoms with Gasteiger partial charge in [-0.15, -0.1) is 0 Å². The van der Waals surface area contributed by atoms with Crippen molar-refractivity contribution in [2.75, 3.05) is 13.2 Å². The highest BCUT2D eigenvalue weighted by Gasteiger charge is 2.18. The quantitative estimate of drug-likeness (QED) is 0.0295. The van der Waals surface area contributed by atoms with Crippen molar-refractivity contribution in [2.24, 2.45) is 0 Å². The number of nitrogens with one attached hydrogen (secondary N) is 2. The van der Waals surface area contributed by atoms with E-state index in [1.165, 1.54) is 96.3 Å². The van der Waals surface area contributed by atoms with E-state index in [1.54, 1.807) is 0 Å². The fraction of sp³-hybridized carbons (Fsp3) is 0.800. The van der Waals surface area contributed by atoms with Crippen molar-refractivity contribution in [1.29, 1.82) is 0 Å². The van der Waals surface area contributed by atoms with Crippen molar-refractivity contribution >= 4 is 23.8 Å². The molecule has 0 spiro atoms. The van der Waals surface area contributed by atoms with Crippen LogP contribution in [0.15, 0.2) is 24.3 Å². The van der Waals surface area contributed by atoms with Crippen LogP contribution in [0.5, 0.6) is 0 Å². The summed E-state index contributed by atoms with van der Waals surface area (Å²) >= 11 is 0. The average molecular weight is 693 g/mol. The third-order valence-electron chi connectivity index (χ3n) is 8.69. The lowest BCUT2D eigenvalue weighted by Crippen LogP contribution is -2.47. The molecule has 2 unspecified atom stereocenters. The smallest absolute Gasteiger partial charge is 0.328 e. The fourth-order valence-corrected chi connectivity index (χ4v) is 5.60. The van der Waals surface area contributed by atoms with Crippen LogP contribution >= 0.6 is 0 Å². The molecule has 0 aromatic rings. The van der Waals surface area contributed by atoms with E-state index in [0.717, 1.165) is 51.4 Å². The molecule has 0 aromatic heterocycles. The molecule has 0 saturated heterocycles. The SMILES string of the molecule is CCCCCC/C=C\C/C=C\C(CCCCCCC(=O)NCC(=O)NC(CO)C(=O)O)OC(=O)CCCCCCCCCCCCCCC. The first-order chi connectivity index (χ1) is 23.8. The van der Waals surface area contributed by atoms with Crippen LogP contribution in [0, 0.1) is 0 Å². The molecule has 0 fully saturated rings. The Morgan fingerprint density at radius 1 is 0.633 bits per heavy atom. The second-order valence-corrected chi connectivity index (χ2v) is 13.4. The van der Waals surface area contributed by atoms with E-state index in [-0.39, 0.29) is 30.9 Å². The number of hydrogen-bond acceptors (Lipinski definition) is 6. The van der Waals surface area contributed by atoms with Crippen molar-refractivity contribution in [3.63, 3.8) is 0 Å². The Morgan fingerprint density at radius 3 is 1.73 bits per heavy atom. The van der Waals surface area contributed by atoms with E-state index < -0.39 is 24.5 Å². The highest BCUT2D eigenvalue weighted by Crippen LogP contribution is 2.15. The van der Waals surface area contributed by atoms with Crippen LogP contribution in [0.3, 0.4) is 0 Å². The summed E-state index contributed by atoms with van der Waals surface area (Å²) in [5.74, 6) is -2.42. The zero-order valence-electron chi connectivity index (χ0n) is 31.2. The minimum absolute atomic E-state index is 0.126. The fourth-order valence-electron chi connectivity index (χ4n) is 5.60. The lowest BCUT2D eigenvalue weighted by Gasteiger charge is -2.15. The zero-order valence-corrected chi connectivity index (χ0v) is 31.2. The van der Waals surface area contributed by atoms with Crippen molar-refractivity contribution in [2.45, 2.75) is 193 Å². The van der Waals surface area contributed by atoms with Gasteiger partial charge in [-0.25, -0.2) is 4.79 Å². The highest BCUT2D eigenvalue weighted by molar-refractivity contribution is 5.87. The van der Waals surface area contributed by atoms with Gasteiger partial charge in [-0.1, -0.05) is 141 Å². The zero-order chi connectivity index (χ0) is 36.2. The molecule has 0 aliphatic heterocycles. The van der Waals surface area contributed by atoms with Crippen LogP contribution in [0.4, 0.5) is 0 Å². The summed E-state index contributed by atoms with van der Waals surface area (Å²) in [7, 11) is 0. The molecular weight excluding hydrogens is 620 g/mol. The van der Waals surface area contributed by atoms with Gasteiger partial charge in [0.1, 0.15) is 12.1 Å². The van der Waals surface area contributed by atoms with Crippen LogP contribution in [-0.2, 0) is 23.9 Å². The summed E-state index contributed by atoms with van der Waals surface area (Å²) < 4.78 is 5.87. The van der Waals surface area contributed by atoms with Crippen LogP contribution in [-0.4, -0.2) is 59.3 Å². The summed E-state index contributed by atoms with van der Waals surface area (Å²) in [6, 6.07) is -1.39. The molecular formula is C40H72N2O7. The van der Waals surface area contributed by atoms with Crippen LogP contribution in [0.2, 0.25) is 0 Å². The minimum Gasteiger partial charge on any atom is -0.480 e. The molecule has 0 aromatic carbocycles. The maximum Gasteiger partial charge on any atom is 0.328 e. The number of carbonyl (C=O) groups is 4. The number of allylic oxidation sites excluding steroid dienone is 3. The van der Waals surface area contributed by atoms with Gasteiger partial charge in [0.15, 0.2) is 0 Å². The Bertz CT molecular complexity index is 890. The van der Waals surface area contributed by atoms with Crippen LogP contribution in [0.25, 0.3) is 0 Å². The first kappa shape index (κ1) is 46.3. The van der Waals surface area contributed by atoms with Gasteiger partial charge in [0.2, 0.25) is 11.8 Å². The van der Waals surface area contributed by atoms with Gasteiger partial charge in [-0.3, -0.25) is 14.4 Å². The summed E-state index contributed by atoms with van der Waals surface area (Å²) in [5.41, 5.74) is 0. The van der Waals surface area contributed by atoms with Crippen molar-refractivity contribution < 1.29 is 34.1 Å². The summed E-state index contributed by atoms with van der Waals surface area (Å²) in [6.07, 6.45) is 36.5. The van der Waals surface area contributed by atoms with E-state index in [0.29, 0.717) is 12.8 Å². The standard InChI is InChI=1S/C40H72N2O7/c1-3-5-7-9-11-13-14-15-16-18-20-22-28-32-39(46)49-35(29-25-21-19-17-12-10-8-6-4-2)30-26-23-24-27-31-37(44)41-33-38(45)42-36(34-43)40(47)48/h17,19,25,29,35-36,43H,3-16,18,20-24,26-28,30-34H2,1-2H3,(H,41,44)(H,42,45)(H,47,48)/b19-17-,29-25-. The Hall–Kier alpha value is -2.68. The first-order valence-corrected chi connectivity index (χ1v) is 19.7. The Kier molecular flexibility index (Phi) is 33.2. The second-order valence-electron chi connectivity index (χ2n) is 13.4. The molecule has 2 atom stereocenters. The molecule has 9 heteroatoms. The number of rotatable bonds is 35. The predicted molar refractivity (Wildman–Crippen MR) is 199 cm³/mol. The molecule has 9 nitrogen and oxygen atoms in total. The van der Waals surface area contributed by atoms with Crippen molar-refractivity contribution in [1.82, 2.24) is 10.6 Å². The maximum absolute atomic E-state index is 12.7. The predicted octanol–water partition coefficient (Wildman–Crippen LogP) is 8.87. The Balaban J connectivity index is 4.35. The molecule has 0 saturated carbocycles. The molecule has 0 aliphatic rings. The number of esters is 1. The lowest BCUT2D eigenvalue weighted by molar-refractivity contribution is -0.147. The molecule has 4 N–H and O–H groups in total. The van der Waals surface area contributed by atoms with Gasteiger partial charge >= 0.3 is 11.9 Å². The summed E-state index contributed by atoms with van der Waals surface area (Å²) in [6.45, 7) is 3.42. The Labute approximate surface area is 298 Å². The topological polar surface area (TPSA) is 142 Å². The van der Waals surface area contributed by atoms with E-state index in [9.17, 15) is 19.2 Å². The maximum atomic E-state index is 12.7. The molecule has 49 heavy (non-hydrogen) atoms. The largest absolute Gasteiger partial charge is 0.480 e. The van der Waals surface area contributed by atoms with Gasteiger partial charge in [0.05, 0.1) is 13.2 Å². The number of amides is 2. The van der Waals surface area contributed by atoms with E-state index in [4.69, 9.17) is 14.9 Å². The number of aliphatic carboxylic acids is 1. The van der Waals surface area contributed by atoms with Gasteiger partial charge in [0, 0.05) is 12.8 Å². The van der Waals surface area contributed by atoms with Crippen LogP contribution in [0.1, 0.15) is 181 Å². The van der Waals surface area contributed by atoms with Gasteiger partial charge in [-0.05, 0) is 51.0 Å². The number of aliphatic hydroxyl groups is 1. The average Bonchev–Trinajstić information content (AvgIpc) is 3.08. The second kappa shape index (κ2) is 35.2. The monoisotopic (exact) mass is 693 g/mol. The van der Waals surface area contributed by atoms with Crippen LogP contribution < -0.4 is 10.6 Å².